The van der Waals surface area contributed by atoms with Crippen molar-refractivity contribution in [3.63, 3.8) is 0 Å². The normalized spacial score (nSPS) is 11.7. The first-order chi connectivity index (χ1) is 11.0. The van der Waals surface area contributed by atoms with E-state index < -0.39 is 0 Å². The van der Waals surface area contributed by atoms with Gasteiger partial charge in [-0.2, -0.15) is 0 Å². The highest BCUT2D eigenvalue weighted by molar-refractivity contribution is 8.00. The van der Waals surface area contributed by atoms with Crippen LogP contribution in [0.1, 0.15) is 18.3 Å². The second kappa shape index (κ2) is 7.82. The van der Waals surface area contributed by atoms with E-state index in [2.05, 4.69) is 20.8 Å². The molecule has 1 amide bonds. The molecule has 1 heterocycles. The van der Waals surface area contributed by atoms with Gasteiger partial charge in [0.05, 0.1) is 12.4 Å². The first kappa shape index (κ1) is 17.1. The Labute approximate surface area is 140 Å². The summed E-state index contributed by atoms with van der Waals surface area (Å²) in [5.74, 6) is 1.03. The third kappa shape index (κ3) is 5.14. The topological polar surface area (TPSA) is 76.1 Å². The zero-order valence-electron chi connectivity index (χ0n) is 13.6. The van der Waals surface area contributed by atoms with Crippen LogP contribution in [0.15, 0.2) is 35.2 Å². The number of anilines is 1. The molecule has 0 fully saturated rings. The molecule has 122 valence electrons. The van der Waals surface area contributed by atoms with E-state index in [1.807, 2.05) is 51.1 Å². The van der Waals surface area contributed by atoms with Gasteiger partial charge in [-0.1, -0.05) is 0 Å². The van der Waals surface area contributed by atoms with Crippen molar-refractivity contribution >= 4 is 23.6 Å². The summed E-state index contributed by atoms with van der Waals surface area (Å²) in [7, 11) is 1.62. The monoisotopic (exact) mass is 332 g/mol. The van der Waals surface area contributed by atoms with Gasteiger partial charge in [-0.25, -0.2) is 9.97 Å². The Balaban J connectivity index is 1.89. The number of nitrogens with one attached hydrogen (secondary N) is 2. The number of amides is 1. The fourth-order valence-electron chi connectivity index (χ4n) is 1.91. The molecule has 0 aliphatic carbocycles. The number of benzene rings is 1. The maximum atomic E-state index is 12.1. The summed E-state index contributed by atoms with van der Waals surface area (Å²) in [6.07, 6.45) is 0. The van der Waals surface area contributed by atoms with Gasteiger partial charge in [0.25, 0.3) is 5.91 Å². The average molecular weight is 332 g/mol. The van der Waals surface area contributed by atoms with Gasteiger partial charge in [0.2, 0.25) is 5.95 Å². The molecule has 23 heavy (non-hydrogen) atoms. The molecule has 2 aromatic rings. The largest absolute Gasteiger partial charge is 0.497 e. The highest BCUT2D eigenvalue weighted by Crippen LogP contribution is 2.25. The quantitative estimate of drug-likeness (QED) is 0.626. The van der Waals surface area contributed by atoms with Gasteiger partial charge in [0.1, 0.15) is 5.75 Å². The molecule has 1 aromatic heterocycles. The number of nitrogens with zero attached hydrogens (tertiary/aromatic N) is 2. The standard InChI is InChI=1S/C16H20N4O2S/c1-10-9-11(2)18-16(17-10)20-19-15(21)12(3)23-14-7-5-13(22-4)6-8-14/h5-9,12H,1-4H3,(H,19,21)(H,17,18,20)/t12-/m0/s1. The van der Waals surface area contributed by atoms with Crippen LogP contribution in [0.3, 0.4) is 0 Å². The summed E-state index contributed by atoms with van der Waals surface area (Å²) in [6, 6.07) is 9.46. The Morgan fingerprint density at radius 2 is 1.78 bits per heavy atom. The highest BCUT2D eigenvalue weighted by atomic mass is 32.2. The van der Waals surface area contributed by atoms with E-state index in [1.54, 1.807) is 7.11 Å². The molecule has 0 saturated carbocycles. The van der Waals surface area contributed by atoms with Crippen LogP contribution >= 0.6 is 11.8 Å². The number of methoxy groups -OCH3 is 1. The number of hydrazine groups is 1. The third-order valence-electron chi connectivity index (χ3n) is 3.02. The molecule has 0 saturated heterocycles. The predicted molar refractivity (Wildman–Crippen MR) is 91.6 cm³/mol. The van der Waals surface area contributed by atoms with Crippen molar-refractivity contribution < 1.29 is 9.53 Å². The molecule has 7 heteroatoms. The van der Waals surface area contributed by atoms with E-state index in [1.165, 1.54) is 11.8 Å². The average Bonchev–Trinajstić information content (AvgIpc) is 2.52. The molecule has 0 radical (unpaired) electrons. The van der Waals surface area contributed by atoms with Crippen LogP contribution in [0.4, 0.5) is 5.95 Å². The van der Waals surface area contributed by atoms with Crippen LogP contribution in [-0.4, -0.2) is 28.2 Å². The van der Waals surface area contributed by atoms with Gasteiger partial charge in [0.15, 0.2) is 0 Å². The first-order valence-corrected chi connectivity index (χ1v) is 8.05. The summed E-state index contributed by atoms with van der Waals surface area (Å²) < 4.78 is 5.12. The van der Waals surface area contributed by atoms with Crippen LogP contribution in [0.2, 0.25) is 0 Å². The summed E-state index contributed by atoms with van der Waals surface area (Å²) >= 11 is 1.46. The molecule has 0 unspecified atom stereocenters. The first-order valence-electron chi connectivity index (χ1n) is 7.17. The second-order valence-corrected chi connectivity index (χ2v) is 6.44. The summed E-state index contributed by atoms with van der Waals surface area (Å²) in [4.78, 5) is 21.6. The Morgan fingerprint density at radius 3 is 2.35 bits per heavy atom. The SMILES string of the molecule is COc1ccc(S[C@@H](C)C(=O)NNc2nc(C)cc(C)n2)cc1. The molecular weight excluding hydrogens is 312 g/mol. The number of hydrogen-bond acceptors (Lipinski definition) is 6. The van der Waals surface area contributed by atoms with Crippen LogP contribution < -0.4 is 15.6 Å². The number of ether oxygens (including phenoxy) is 1. The summed E-state index contributed by atoms with van der Waals surface area (Å²) in [5.41, 5.74) is 7.08. The van der Waals surface area contributed by atoms with E-state index in [4.69, 9.17) is 4.74 Å². The molecular formula is C16H20N4O2S. The Bertz CT molecular complexity index is 656. The highest BCUT2D eigenvalue weighted by Gasteiger charge is 2.14. The minimum atomic E-state index is -0.262. The van der Waals surface area contributed by atoms with Crippen molar-refractivity contribution in [1.29, 1.82) is 0 Å². The number of hydrogen-bond donors (Lipinski definition) is 2. The number of carbonyl (C=O) groups excluding carboxylic acids is 1. The summed E-state index contributed by atoms with van der Waals surface area (Å²) in [6.45, 7) is 5.60. The van der Waals surface area contributed by atoms with E-state index in [9.17, 15) is 4.79 Å². The molecule has 0 spiro atoms. The fraction of sp³-hybridized carbons (Fsp3) is 0.312. The molecule has 1 atom stereocenters. The van der Waals surface area contributed by atoms with Crippen molar-refractivity contribution in [3.05, 3.63) is 41.7 Å². The molecule has 0 aliphatic rings. The smallest absolute Gasteiger partial charge is 0.251 e. The van der Waals surface area contributed by atoms with Crippen LogP contribution in [0.25, 0.3) is 0 Å². The number of aromatic nitrogens is 2. The summed E-state index contributed by atoms with van der Waals surface area (Å²) in [5, 5.41) is -0.262. The number of aryl methyl sites for hydroxylation is 2. The van der Waals surface area contributed by atoms with E-state index >= 15 is 0 Å². The minimum Gasteiger partial charge on any atom is -0.497 e. The zero-order chi connectivity index (χ0) is 16.8. The minimum absolute atomic E-state index is 0.145. The van der Waals surface area contributed by atoms with Gasteiger partial charge in [-0.05, 0) is 51.1 Å². The van der Waals surface area contributed by atoms with Crippen LogP contribution in [0.5, 0.6) is 5.75 Å². The van der Waals surface area contributed by atoms with Crippen molar-refractivity contribution in [3.8, 4) is 5.75 Å². The van der Waals surface area contributed by atoms with Crippen LogP contribution in [-0.2, 0) is 4.79 Å². The van der Waals surface area contributed by atoms with Crippen molar-refractivity contribution in [2.45, 2.75) is 30.9 Å². The fourth-order valence-corrected chi connectivity index (χ4v) is 2.78. The maximum absolute atomic E-state index is 12.1. The zero-order valence-corrected chi connectivity index (χ0v) is 14.4. The molecule has 0 aliphatic heterocycles. The van der Waals surface area contributed by atoms with Gasteiger partial charge in [0, 0.05) is 16.3 Å². The van der Waals surface area contributed by atoms with Crippen molar-refractivity contribution in [1.82, 2.24) is 15.4 Å². The van der Waals surface area contributed by atoms with E-state index in [0.29, 0.717) is 5.95 Å². The molecule has 2 N–H and O–H groups in total. The number of carbonyl (C=O) groups is 1. The predicted octanol–water partition coefficient (Wildman–Crippen LogP) is 2.73. The maximum Gasteiger partial charge on any atom is 0.251 e. The van der Waals surface area contributed by atoms with Gasteiger partial charge in [-0.15, -0.1) is 11.8 Å². The Morgan fingerprint density at radius 1 is 1.17 bits per heavy atom. The lowest BCUT2D eigenvalue weighted by molar-refractivity contribution is -0.119. The third-order valence-corrected chi connectivity index (χ3v) is 4.13. The lowest BCUT2D eigenvalue weighted by Gasteiger charge is -2.13. The second-order valence-electron chi connectivity index (χ2n) is 5.02. The molecule has 1 aromatic carbocycles. The van der Waals surface area contributed by atoms with Gasteiger partial charge >= 0.3 is 0 Å². The molecule has 2 rings (SSSR count). The van der Waals surface area contributed by atoms with Crippen LogP contribution in [0, 0.1) is 13.8 Å². The Hall–Kier alpha value is -2.28. The Kier molecular flexibility index (Phi) is 5.81. The van der Waals surface area contributed by atoms with Crippen molar-refractivity contribution in [2.75, 3.05) is 12.5 Å². The van der Waals surface area contributed by atoms with Gasteiger partial charge < -0.3 is 4.74 Å². The van der Waals surface area contributed by atoms with E-state index in [0.717, 1.165) is 22.0 Å². The lowest BCUT2D eigenvalue weighted by Crippen LogP contribution is -2.36. The van der Waals surface area contributed by atoms with E-state index in [-0.39, 0.29) is 11.2 Å². The molecule has 0 bridgehead atoms. The molecule has 6 nitrogen and oxygen atoms in total. The number of rotatable bonds is 6. The number of thioether (sulfide) groups is 1. The lowest BCUT2D eigenvalue weighted by atomic mass is 10.3. The van der Waals surface area contributed by atoms with Crippen molar-refractivity contribution in [2.24, 2.45) is 0 Å². The van der Waals surface area contributed by atoms with Gasteiger partial charge in [-0.3, -0.25) is 15.6 Å².